The molecule has 0 saturated carbocycles. The monoisotopic (exact) mass is 178 g/mol. The molecular formula is C11H18N2. The lowest BCUT2D eigenvalue weighted by Crippen LogP contribution is -2.16. The third-order valence-corrected chi connectivity index (χ3v) is 1.94. The topological polar surface area (TPSA) is 24.9 Å². The second-order valence-electron chi connectivity index (χ2n) is 3.17. The molecule has 0 amide bonds. The zero-order valence-electron chi connectivity index (χ0n) is 8.29. The van der Waals surface area contributed by atoms with Crippen LogP contribution in [0, 0.1) is 0 Å². The molecule has 0 fully saturated rings. The van der Waals surface area contributed by atoms with Gasteiger partial charge in [0.05, 0.1) is 0 Å². The molecule has 0 aliphatic rings. The molecule has 0 aliphatic carbocycles. The maximum Gasteiger partial charge on any atom is 0.0404 e. The quantitative estimate of drug-likeness (QED) is 0.674. The fourth-order valence-corrected chi connectivity index (χ4v) is 1.24. The molecule has 0 atom stereocenters. The summed E-state index contributed by atoms with van der Waals surface area (Å²) < 4.78 is 0. The average molecular weight is 178 g/mol. The lowest BCUT2D eigenvalue weighted by molar-refractivity contribution is 0.636. The van der Waals surface area contributed by atoms with Gasteiger partial charge in [-0.3, -0.25) is 4.98 Å². The molecule has 0 aliphatic heterocycles. The Balaban J connectivity index is 2.07. The van der Waals surface area contributed by atoms with Crippen LogP contribution < -0.4 is 5.32 Å². The molecule has 2 heteroatoms. The maximum atomic E-state index is 4.27. The summed E-state index contributed by atoms with van der Waals surface area (Å²) in [7, 11) is 0. The zero-order chi connectivity index (χ0) is 9.36. The van der Waals surface area contributed by atoms with Crippen molar-refractivity contribution in [2.24, 2.45) is 0 Å². The van der Waals surface area contributed by atoms with E-state index in [0.29, 0.717) is 0 Å². The maximum absolute atomic E-state index is 4.27. The summed E-state index contributed by atoms with van der Waals surface area (Å²) in [5, 5.41) is 3.38. The van der Waals surface area contributed by atoms with E-state index >= 15 is 0 Å². The minimum absolute atomic E-state index is 1.08. The number of pyridine rings is 1. The van der Waals surface area contributed by atoms with Crippen LogP contribution in [0.25, 0.3) is 0 Å². The first-order chi connectivity index (χ1) is 6.43. The van der Waals surface area contributed by atoms with Gasteiger partial charge in [0.2, 0.25) is 0 Å². The van der Waals surface area contributed by atoms with Crippen LogP contribution in [0.4, 0.5) is 0 Å². The molecule has 1 aromatic rings. The van der Waals surface area contributed by atoms with Crippen LogP contribution in [0.2, 0.25) is 0 Å². The Labute approximate surface area is 80.4 Å². The molecule has 0 radical (unpaired) electrons. The standard InChI is InChI=1S/C11H18N2/c1-2-8-12-9-5-7-11-6-3-4-10-13-11/h3-4,6,10,12H,2,5,7-9H2,1H3. The molecule has 0 unspecified atom stereocenters. The van der Waals surface area contributed by atoms with Gasteiger partial charge in [-0.15, -0.1) is 0 Å². The van der Waals surface area contributed by atoms with Crippen LogP contribution in [-0.2, 0) is 6.42 Å². The van der Waals surface area contributed by atoms with E-state index in [-0.39, 0.29) is 0 Å². The molecule has 1 N–H and O–H groups in total. The number of rotatable bonds is 6. The van der Waals surface area contributed by atoms with Gasteiger partial charge in [-0.05, 0) is 44.5 Å². The van der Waals surface area contributed by atoms with Crippen LogP contribution in [0.1, 0.15) is 25.5 Å². The minimum atomic E-state index is 1.08. The highest BCUT2D eigenvalue weighted by molar-refractivity contribution is 5.03. The van der Waals surface area contributed by atoms with Crippen LogP contribution in [0.15, 0.2) is 24.4 Å². The number of aryl methyl sites for hydroxylation is 1. The van der Waals surface area contributed by atoms with Gasteiger partial charge in [0.1, 0.15) is 0 Å². The molecule has 0 bridgehead atoms. The van der Waals surface area contributed by atoms with Crippen molar-refractivity contribution >= 4 is 0 Å². The van der Waals surface area contributed by atoms with E-state index in [2.05, 4.69) is 23.3 Å². The molecule has 2 nitrogen and oxygen atoms in total. The smallest absolute Gasteiger partial charge is 0.0404 e. The van der Waals surface area contributed by atoms with Gasteiger partial charge >= 0.3 is 0 Å². The predicted molar refractivity (Wildman–Crippen MR) is 55.7 cm³/mol. The van der Waals surface area contributed by atoms with Crippen molar-refractivity contribution in [3.8, 4) is 0 Å². The first kappa shape index (κ1) is 10.2. The largest absolute Gasteiger partial charge is 0.317 e. The molecule has 13 heavy (non-hydrogen) atoms. The van der Waals surface area contributed by atoms with Gasteiger partial charge in [0, 0.05) is 11.9 Å². The number of aromatic nitrogens is 1. The van der Waals surface area contributed by atoms with Gasteiger partial charge in [-0.2, -0.15) is 0 Å². The second-order valence-corrected chi connectivity index (χ2v) is 3.17. The van der Waals surface area contributed by atoms with Crippen LogP contribution in [0.3, 0.4) is 0 Å². The molecule has 72 valence electrons. The van der Waals surface area contributed by atoms with Crippen LogP contribution in [0.5, 0.6) is 0 Å². The van der Waals surface area contributed by atoms with Crippen molar-refractivity contribution < 1.29 is 0 Å². The lowest BCUT2D eigenvalue weighted by Gasteiger charge is -2.01. The van der Waals surface area contributed by atoms with E-state index in [1.807, 2.05) is 18.3 Å². The van der Waals surface area contributed by atoms with Crippen molar-refractivity contribution in [3.05, 3.63) is 30.1 Å². The Hall–Kier alpha value is -0.890. The fourth-order valence-electron chi connectivity index (χ4n) is 1.24. The van der Waals surface area contributed by atoms with Crippen molar-refractivity contribution in [2.75, 3.05) is 13.1 Å². The van der Waals surface area contributed by atoms with Gasteiger partial charge in [0.15, 0.2) is 0 Å². The molecule has 1 rings (SSSR count). The van der Waals surface area contributed by atoms with E-state index in [1.165, 1.54) is 18.5 Å². The molecule has 0 saturated heterocycles. The van der Waals surface area contributed by atoms with E-state index in [4.69, 9.17) is 0 Å². The Bertz CT molecular complexity index is 209. The molecule has 1 aromatic heterocycles. The number of nitrogens with one attached hydrogen (secondary N) is 1. The third kappa shape index (κ3) is 4.63. The Morgan fingerprint density at radius 2 is 2.23 bits per heavy atom. The van der Waals surface area contributed by atoms with Crippen molar-refractivity contribution in [3.63, 3.8) is 0 Å². The highest BCUT2D eigenvalue weighted by atomic mass is 14.8. The Morgan fingerprint density at radius 3 is 2.92 bits per heavy atom. The van der Waals surface area contributed by atoms with Crippen LogP contribution in [-0.4, -0.2) is 18.1 Å². The summed E-state index contributed by atoms with van der Waals surface area (Å²) in [5.74, 6) is 0. The van der Waals surface area contributed by atoms with E-state index in [9.17, 15) is 0 Å². The lowest BCUT2D eigenvalue weighted by atomic mass is 10.2. The van der Waals surface area contributed by atoms with Crippen molar-refractivity contribution in [1.29, 1.82) is 0 Å². The van der Waals surface area contributed by atoms with E-state index < -0.39 is 0 Å². The van der Waals surface area contributed by atoms with Gasteiger partial charge in [-0.1, -0.05) is 13.0 Å². The summed E-state index contributed by atoms with van der Waals surface area (Å²) >= 11 is 0. The fraction of sp³-hybridized carbons (Fsp3) is 0.545. The van der Waals surface area contributed by atoms with Gasteiger partial charge < -0.3 is 5.32 Å². The molecule has 1 heterocycles. The SMILES string of the molecule is CCCNCCCc1ccccn1. The molecule has 0 spiro atoms. The summed E-state index contributed by atoms with van der Waals surface area (Å²) in [5.41, 5.74) is 1.20. The second kappa shape index (κ2) is 6.61. The predicted octanol–water partition coefficient (Wildman–Crippen LogP) is 2.01. The zero-order valence-corrected chi connectivity index (χ0v) is 8.29. The van der Waals surface area contributed by atoms with Crippen molar-refractivity contribution in [1.82, 2.24) is 10.3 Å². The van der Waals surface area contributed by atoms with Crippen molar-refractivity contribution in [2.45, 2.75) is 26.2 Å². The highest BCUT2D eigenvalue weighted by Crippen LogP contribution is 1.96. The third-order valence-electron chi connectivity index (χ3n) is 1.94. The summed E-state index contributed by atoms with van der Waals surface area (Å²) in [6.45, 7) is 4.42. The highest BCUT2D eigenvalue weighted by Gasteiger charge is 1.91. The Morgan fingerprint density at radius 1 is 1.31 bits per heavy atom. The number of hydrogen-bond acceptors (Lipinski definition) is 2. The van der Waals surface area contributed by atoms with Gasteiger partial charge in [-0.25, -0.2) is 0 Å². The molecule has 0 aromatic carbocycles. The van der Waals surface area contributed by atoms with Crippen LogP contribution >= 0.6 is 0 Å². The van der Waals surface area contributed by atoms with E-state index in [0.717, 1.165) is 19.5 Å². The first-order valence-electron chi connectivity index (χ1n) is 5.04. The summed E-state index contributed by atoms with van der Waals surface area (Å²) in [6.07, 6.45) is 5.33. The Kier molecular flexibility index (Phi) is 5.18. The van der Waals surface area contributed by atoms with Gasteiger partial charge in [0.25, 0.3) is 0 Å². The molecular weight excluding hydrogens is 160 g/mol. The van der Waals surface area contributed by atoms with E-state index in [1.54, 1.807) is 0 Å². The summed E-state index contributed by atoms with van der Waals surface area (Å²) in [6, 6.07) is 6.08. The normalized spacial score (nSPS) is 10.2. The average Bonchev–Trinajstić information content (AvgIpc) is 2.19. The minimum Gasteiger partial charge on any atom is -0.317 e. The number of nitrogens with zero attached hydrogens (tertiary/aromatic N) is 1. The summed E-state index contributed by atoms with van der Waals surface area (Å²) in [4.78, 5) is 4.27. The number of hydrogen-bond donors (Lipinski definition) is 1. The first-order valence-corrected chi connectivity index (χ1v) is 5.04.